The average molecular weight is 424 g/mol. The van der Waals surface area contributed by atoms with Crippen LogP contribution in [0.4, 0.5) is 0 Å². The lowest BCUT2D eigenvalue weighted by molar-refractivity contribution is -0.129. The van der Waals surface area contributed by atoms with Gasteiger partial charge in [-0.2, -0.15) is 5.10 Å². The second kappa shape index (κ2) is 9.57. The molecule has 6 heteroatoms. The number of hydrogen-bond acceptors (Lipinski definition) is 5. The molecule has 1 aromatic heterocycles. The maximum atomic E-state index is 12.5. The van der Waals surface area contributed by atoms with Crippen LogP contribution in [0.2, 0.25) is 0 Å². The number of rotatable bonds is 7. The van der Waals surface area contributed by atoms with Crippen molar-refractivity contribution in [2.24, 2.45) is 0 Å². The molecule has 6 nitrogen and oxygen atoms in total. The van der Waals surface area contributed by atoms with Crippen molar-refractivity contribution in [2.45, 2.75) is 0 Å². The summed E-state index contributed by atoms with van der Waals surface area (Å²) in [6, 6.07) is 24.1. The van der Waals surface area contributed by atoms with Crippen molar-refractivity contribution in [3.8, 4) is 28.4 Å². The molecule has 4 rings (SSSR count). The minimum absolute atomic E-state index is 0.232. The van der Waals surface area contributed by atoms with Crippen LogP contribution in [-0.2, 0) is 4.79 Å². The molecule has 0 unspecified atom stereocenters. The highest BCUT2D eigenvalue weighted by Crippen LogP contribution is 2.28. The van der Waals surface area contributed by atoms with Crippen molar-refractivity contribution in [3.05, 3.63) is 102 Å². The molecule has 0 aliphatic rings. The third-order valence-corrected chi connectivity index (χ3v) is 4.74. The molecule has 1 heterocycles. The van der Waals surface area contributed by atoms with E-state index in [9.17, 15) is 9.59 Å². The molecule has 0 fully saturated rings. The van der Waals surface area contributed by atoms with Gasteiger partial charge in [0.2, 0.25) is 0 Å². The van der Waals surface area contributed by atoms with Gasteiger partial charge in [0, 0.05) is 29.0 Å². The molecule has 0 saturated carbocycles. The second-order valence-electron chi connectivity index (χ2n) is 6.86. The molecule has 158 valence electrons. The van der Waals surface area contributed by atoms with E-state index in [1.807, 2.05) is 66.9 Å². The van der Waals surface area contributed by atoms with Gasteiger partial charge in [0.15, 0.2) is 11.5 Å². The maximum Gasteiger partial charge on any atom is 0.336 e. The van der Waals surface area contributed by atoms with Gasteiger partial charge in [-0.1, -0.05) is 48.5 Å². The van der Waals surface area contributed by atoms with Crippen LogP contribution in [0.3, 0.4) is 0 Å². The highest BCUT2D eigenvalue weighted by Gasteiger charge is 2.12. The third kappa shape index (κ3) is 4.65. The summed E-state index contributed by atoms with van der Waals surface area (Å²) in [5.74, 6) is -0.0390. The van der Waals surface area contributed by atoms with E-state index in [1.54, 1.807) is 16.8 Å². The molecule has 0 radical (unpaired) electrons. The van der Waals surface area contributed by atoms with Crippen LogP contribution in [-0.4, -0.2) is 29.1 Å². The van der Waals surface area contributed by atoms with Crippen molar-refractivity contribution >= 4 is 18.3 Å². The van der Waals surface area contributed by atoms with Gasteiger partial charge in [-0.25, -0.2) is 9.48 Å². The highest BCUT2D eigenvalue weighted by atomic mass is 16.6. The number of nitrogens with zero attached hydrogens (tertiary/aromatic N) is 2. The first kappa shape index (κ1) is 20.8. The second-order valence-corrected chi connectivity index (χ2v) is 6.86. The molecule has 0 bridgehead atoms. The minimum atomic E-state index is -0.575. The van der Waals surface area contributed by atoms with Gasteiger partial charge >= 0.3 is 5.97 Å². The number of carbonyl (C=O) groups excluding carboxylic acids is 2. The van der Waals surface area contributed by atoms with Crippen molar-refractivity contribution < 1.29 is 19.1 Å². The van der Waals surface area contributed by atoms with E-state index in [4.69, 9.17) is 14.6 Å². The van der Waals surface area contributed by atoms with Gasteiger partial charge in [0.1, 0.15) is 6.29 Å². The van der Waals surface area contributed by atoms with Gasteiger partial charge < -0.3 is 9.47 Å². The number of methoxy groups -OCH3 is 1. The Morgan fingerprint density at radius 2 is 1.66 bits per heavy atom. The zero-order valence-corrected chi connectivity index (χ0v) is 17.3. The Balaban J connectivity index is 1.62. The van der Waals surface area contributed by atoms with E-state index in [0.717, 1.165) is 22.5 Å². The Morgan fingerprint density at radius 3 is 2.34 bits per heavy atom. The first-order chi connectivity index (χ1) is 15.7. The maximum absolute atomic E-state index is 12.5. The Bertz CT molecular complexity index is 1260. The fraction of sp³-hybridized carbons (Fsp3) is 0.0385. The Morgan fingerprint density at radius 1 is 0.938 bits per heavy atom. The van der Waals surface area contributed by atoms with Gasteiger partial charge in [0.05, 0.1) is 18.5 Å². The lowest BCUT2D eigenvalue weighted by Gasteiger charge is -2.08. The summed E-state index contributed by atoms with van der Waals surface area (Å²) in [6.45, 7) is 0. The molecule has 0 aliphatic carbocycles. The first-order valence-electron chi connectivity index (χ1n) is 9.91. The fourth-order valence-electron chi connectivity index (χ4n) is 3.18. The zero-order chi connectivity index (χ0) is 22.3. The van der Waals surface area contributed by atoms with Gasteiger partial charge in [0.25, 0.3) is 0 Å². The topological polar surface area (TPSA) is 70.4 Å². The predicted molar refractivity (Wildman–Crippen MR) is 122 cm³/mol. The molecule has 4 aromatic rings. The lowest BCUT2D eigenvalue weighted by atomic mass is 10.1. The summed E-state index contributed by atoms with van der Waals surface area (Å²) < 4.78 is 12.4. The van der Waals surface area contributed by atoms with Gasteiger partial charge in [-0.3, -0.25) is 4.79 Å². The van der Waals surface area contributed by atoms with Crippen LogP contribution in [0.1, 0.15) is 15.9 Å². The molecular formula is C26H20N2O4. The Labute approximate surface area is 185 Å². The summed E-state index contributed by atoms with van der Waals surface area (Å²) in [5, 5.41) is 4.72. The number of aromatic nitrogens is 2. The Hall–Kier alpha value is -4.45. The quantitative estimate of drug-likeness (QED) is 0.181. The molecule has 0 amide bonds. The van der Waals surface area contributed by atoms with Crippen molar-refractivity contribution in [1.29, 1.82) is 0 Å². The third-order valence-electron chi connectivity index (χ3n) is 4.74. The number of carbonyl (C=O) groups is 2. The predicted octanol–water partition coefficient (Wildman–Crippen LogP) is 4.98. The van der Waals surface area contributed by atoms with Crippen molar-refractivity contribution in [1.82, 2.24) is 9.78 Å². The Kier molecular flexibility index (Phi) is 6.22. The molecule has 0 N–H and O–H groups in total. The number of benzene rings is 3. The number of ether oxygens (including phenoxy) is 2. The zero-order valence-electron chi connectivity index (χ0n) is 17.3. The summed E-state index contributed by atoms with van der Waals surface area (Å²) >= 11 is 0. The summed E-state index contributed by atoms with van der Waals surface area (Å²) in [6.07, 6.45) is 5.57. The number of hydrogen-bond donors (Lipinski definition) is 0. The molecular weight excluding hydrogens is 404 g/mol. The molecule has 3 aromatic carbocycles. The molecule has 0 spiro atoms. The van der Waals surface area contributed by atoms with Crippen LogP contribution in [0.5, 0.6) is 11.5 Å². The monoisotopic (exact) mass is 424 g/mol. The van der Waals surface area contributed by atoms with E-state index >= 15 is 0 Å². The van der Waals surface area contributed by atoms with E-state index in [1.165, 1.54) is 25.3 Å². The van der Waals surface area contributed by atoms with Crippen LogP contribution in [0.25, 0.3) is 23.0 Å². The number of aldehydes is 1. The normalized spacial score (nSPS) is 10.8. The SMILES string of the molecule is COc1cc(C=O)ccc1OC(=O)C=Cc1cn(-c2ccccc2)nc1-c1ccccc1. The van der Waals surface area contributed by atoms with Crippen LogP contribution in [0, 0.1) is 0 Å². The average Bonchev–Trinajstić information content (AvgIpc) is 3.28. The summed E-state index contributed by atoms with van der Waals surface area (Å²) in [7, 11) is 1.45. The van der Waals surface area contributed by atoms with Gasteiger partial charge in [-0.05, 0) is 36.4 Å². The van der Waals surface area contributed by atoms with Crippen molar-refractivity contribution in [3.63, 3.8) is 0 Å². The summed E-state index contributed by atoms with van der Waals surface area (Å²) in [5.41, 5.74) is 3.78. The molecule has 32 heavy (non-hydrogen) atoms. The molecule has 0 aliphatic heterocycles. The first-order valence-corrected chi connectivity index (χ1v) is 9.91. The fourth-order valence-corrected chi connectivity index (χ4v) is 3.18. The molecule has 0 atom stereocenters. The van der Waals surface area contributed by atoms with E-state index < -0.39 is 5.97 Å². The highest BCUT2D eigenvalue weighted by molar-refractivity contribution is 5.90. The van der Waals surface area contributed by atoms with E-state index in [-0.39, 0.29) is 5.75 Å². The molecule has 0 saturated heterocycles. The lowest BCUT2D eigenvalue weighted by Crippen LogP contribution is -2.05. The van der Waals surface area contributed by atoms with Crippen LogP contribution in [0.15, 0.2) is 91.1 Å². The van der Waals surface area contributed by atoms with Crippen molar-refractivity contribution in [2.75, 3.05) is 7.11 Å². The summed E-state index contributed by atoms with van der Waals surface area (Å²) in [4.78, 5) is 23.4. The standard InChI is InChI=1S/C26H20N2O4/c1-31-24-16-19(18-29)12-14-23(24)32-25(30)15-13-21-17-28(22-10-6-3-7-11-22)27-26(21)20-8-4-2-5-9-20/h2-18H,1H3. The number of esters is 1. The van der Waals surface area contributed by atoms with Crippen LogP contribution < -0.4 is 9.47 Å². The van der Waals surface area contributed by atoms with E-state index in [0.29, 0.717) is 17.6 Å². The smallest absolute Gasteiger partial charge is 0.336 e. The minimum Gasteiger partial charge on any atom is -0.493 e. The van der Waals surface area contributed by atoms with E-state index in [2.05, 4.69) is 0 Å². The van der Waals surface area contributed by atoms with Crippen LogP contribution >= 0.6 is 0 Å². The number of para-hydroxylation sites is 1. The van der Waals surface area contributed by atoms with Gasteiger partial charge in [-0.15, -0.1) is 0 Å². The largest absolute Gasteiger partial charge is 0.493 e.